The summed E-state index contributed by atoms with van der Waals surface area (Å²) in [5.74, 6) is 0.679. The van der Waals surface area contributed by atoms with E-state index in [1.165, 1.54) is 11.1 Å². The first-order valence-electron chi connectivity index (χ1n) is 11.6. The number of ether oxygens (including phenoxy) is 2. The third-order valence-corrected chi connectivity index (χ3v) is 5.74. The standard InChI is InChI=1S/C26H34N2O4/c1-2-31-25(29)12-15-27-26(30)23-13-16-28(17-14-23)18-19-32-24-10-8-22(9-11-24)20-21-6-4-3-5-7-21/h3-11,23H,2,12-20H2,1H3,(H,27,30). The molecule has 3 rings (SSSR count). The van der Waals surface area contributed by atoms with Crippen LogP contribution in [0.4, 0.5) is 0 Å². The fourth-order valence-corrected chi connectivity index (χ4v) is 3.91. The van der Waals surface area contributed by atoms with Crippen LogP contribution in [0.15, 0.2) is 54.6 Å². The molecule has 2 aromatic carbocycles. The Morgan fingerprint density at radius 2 is 1.69 bits per heavy atom. The highest BCUT2D eigenvalue weighted by atomic mass is 16.5. The van der Waals surface area contributed by atoms with E-state index in [2.05, 4.69) is 46.6 Å². The number of amides is 1. The molecule has 0 aliphatic carbocycles. The van der Waals surface area contributed by atoms with Crippen molar-refractivity contribution in [3.8, 4) is 5.75 Å². The van der Waals surface area contributed by atoms with Gasteiger partial charge >= 0.3 is 5.97 Å². The highest BCUT2D eigenvalue weighted by Crippen LogP contribution is 2.18. The number of nitrogens with zero attached hydrogens (tertiary/aromatic N) is 1. The Kier molecular flexibility index (Phi) is 9.57. The van der Waals surface area contributed by atoms with Crippen LogP contribution in [-0.2, 0) is 20.7 Å². The fraction of sp³-hybridized carbons (Fsp3) is 0.462. The van der Waals surface area contributed by atoms with Crippen LogP contribution >= 0.6 is 0 Å². The van der Waals surface area contributed by atoms with Crippen LogP contribution in [0.5, 0.6) is 5.75 Å². The summed E-state index contributed by atoms with van der Waals surface area (Å²) in [6.07, 6.45) is 2.81. The molecule has 1 amide bonds. The molecule has 0 unspecified atom stereocenters. The van der Waals surface area contributed by atoms with Gasteiger partial charge in [-0.15, -0.1) is 0 Å². The summed E-state index contributed by atoms with van der Waals surface area (Å²) >= 11 is 0. The second-order valence-corrected chi connectivity index (χ2v) is 8.12. The Morgan fingerprint density at radius 1 is 1.00 bits per heavy atom. The molecule has 0 saturated carbocycles. The number of hydrogen-bond acceptors (Lipinski definition) is 5. The summed E-state index contributed by atoms with van der Waals surface area (Å²) in [5.41, 5.74) is 2.57. The summed E-state index contributed by atoms with van der Waals surface area (Å²) in [6, 6.07) is 18.7. The highest BCUT2D eigenvalue weighted by molar-refractivity contribution is 5.79. The van der Waals surface area contributed by atoms with Crippen molar-refractivity contribution < 1.29 is 19.1 Å². The van der Waals surface area contributed by atoms with Gasteiger partial charge in [-0.05, 0) is 62.5 Å². The van der Waals surface area contributed by atoms with Gasteiger partial charge in [-0.25, -0.2) is 0 Å². The average Bonchev–Trinajstić information content (AvgIpc) is 2.81. The second-order valence-electron chi connectivity index (χ2n) is 8.12. The predicted molar refractivity (Wildman–Crippen MR) is 125 cm³/mol. The van der Waals surface area contributed by atoms with E-state index < -0.39 is 0 Å². The van der Waals surface area contributed by atoms with Gasteiger partial charge in [-0.1, -0.05) is 42.5 Å². The first-order valence-corrected chi connectivity index (χ1v) is 11.6. The van der Waals surface area contributed by atoms with Crippen molar-refractivity contribution in [3.05, 3.63) is 65.7 Å². The monoisotopic (exact) mass is 438 g/mol. The second kappa shape index (κ2) is 12.9. The van der Waals surface area contributed by atoms with E-state index in [1.807, 2.05) is 18.2 Å². The lowest BCUT2D eigenvalue weighted by Crippen LogP contribution is -2.42. The summed E-state index contributed by atoms with van der Waals surface area (Å²) in [7, 11) is 0. The minimum Gasteiger partial charge on any atom is -0.492 e. The van der Waals surface area contributed by atoms with Crippen molar-refractivity contribution in [2.45, 2.75) is 32.6 Å². The quantitative estimate of drug-likeness (QED) is 0.545. The Balaban J connectivity index is 1.29. The van der Waals surface area contributed by atoms with Crippen LogP contribution in [0.2, 0.25) is 0 Å². The van der Waals surface area contributed by atoms with Crippen LogP contribution < -0.4 is 10.1 Å². The van der Waals surface area contributed by atoms with Crippen LogP contribution in [0, 0.1) is 5.92 Å². The Labute approximate surface area is 190 Å². The molecule has 0 bridgehead atoms. The maximum atomic E-state index is 12.3. The van der Waals surface area contributed by atoms with Crippen LogP contribution in [-0.4, -0.2) is 56.2 Å². The topological polar surface area (TPSA) is 67.9 Å². The number of esters is 1. The molecule has 1 N–H and O–H groups in total. The summed E-state index contributed by atoms with van der Waals surface area (Å²) in [4.78, 5) is 26.0. The van der Waals surface area contributed by atoms with Gasteiger partial charge in [0.15, 0.2) is 0 Å². The molecule has 6 nitrogen and oxygen atoms in total. The molecule has 6 heteroatoms. The van der Waals surface area contributed by atoms with E-state index in [1.54, 1.807) is 6.92 Å². The van der Waals surface area contributed by atoms with Crippen molar-refractivity contribution in [2.24, 2.45) is 5.92 Å². The molecule has 1 fully saturated rings. The number of piperidine rings is 1. The molecule has 1 heterocycles. The summed E-state index contributed by atoms with van der Waals surface area (Å²) in [6.45, 7) is 5.74. The summed E-state index contributed by atoms with van der Waals surface area (Å²) in [5, 5.41) is 2.86. The smallest absolute Gasteiger partial charge is 0.307 e. The van der Waals surface area contributed by atoms with Gasteiger partial charge in [0, 0.05) is 19.0 Å². The fourth-order valence-electron chi connectivity index (χ4n) is 3.91. The van der Waals surface area contributed by atoms with E-state index in [9.17, 15) is 9.59 Å². The normalized spacial score (nSPS) is 14.7. The van der Waals surface area contributed by atoms with Gasteiger partial charge in [0.1, 0.15) is 12.4 Å². The molecule has 0 atom stereocenters. The molecule has 0 aromatic heterocycles. The van der Waals surface area contributed by atoms with Gasteiger partial charge in [-0.3, -0.25) is 14.5 Å². The largest absolute Gasteiger partial charge is 0.492 e. The molecular formula is C26H34N2O4. The molecule has 32 heavy (non-hydrogen) atoms. The minimum atomic E-state index is -0.270. The number of carbonyl (C=O) groups is 2. The molecule has 1 saturated heterocycles. The van der Waals surface area contributed by atoms with E-state index in [4.69, 9.17) is 9.47 Å². The van der Waals surface area contributed by atoms with Gasteiger partial charge < -0.3 is 14.8 Å². The SMILES string of the molecule is CCOC(=O)CCNC(=O)C1CCN(CCOc2ccc(Cc3ccccc3)cc2)CC1. The van der Waals surface area contributed by atoms with E-state index in [0.29, 0.717) is 19.8 Å². The number of nitrogens with one attached hydrogen (secondary N) is 1. The zero-order valence-electron chi connectivity index (χ0n) is 18.9. The molecule has 1 aliphatic heterocycles. The third kappa shape index (κ3) is 8.00. The van der Waals surface area contributed by atoms with Crippen LogP contribution in [0.1, 0.15) is 37.3 Å². The maximum absolute atomic E-state index is 12.3. The molecule has 2 aromatic rings. The number of likely N-dealkylation sites (tertiary alicyclic amines) is 1. The highest BCUT2D eigenvalue weighted by Gasteiger charge is 2.24. The minimum absolute atomic E-state index is 0.0199. The van der Waals surface area contributed by atoms with Crippen molar-refractivity contribution >= 4 is 11.9 Å². The number of hydrogen-bond donors (Lipinski definition) is 1. The zero-order chi connectivity index (χ0) is 22.6. The summed E-state index contributed by atoms with van der Waals surface area (Å²) < 4.78 is 10.8. The Hall–Kier alpha value is -2.86. The lowest BCUT2D eigenvalue weighted by Gasteiger charge is -2.31. The Morgan fingerprint density at radius 3 is 2.38 bits per heavy atom. The zero-order valence-corrected chi connectivity index (χ0v) is 18.9. The van der Waals surface area contributed by atoms with Gasteiger partial charge in [0.05, 0.1) is 13.0 Å². The van der Waals surface area contributed by atoms with E-state index >= 15 is 0 Å². The van der Waals surface area contributed by atoms with Gasteiger partial charge in [0.2, 0.25) is 5.91 Å². The lowest BCUT2D eigenvalue weighted by atomic mass is 9.96. The van der Waals surface area contributed by atoms with Crippen LogP contribution in [0.3, 0.4) is 0 Å². The van der Waals surface area contributed by atoms with E-state index in [-0.39, 0.29) is 24.2 Å². The number of benzene rings is 2. The molecular weight excluding hydrogens is 404 g/mol. The molecule has 0 spiro atoms. The lowest BCUT2D eigenvalue weighted by molar-refractivity contribution is -0.143. The van der Waals surface area contributed by atoms with Crippen LogP contribution in [0.25, 0.3) is 0 Å². The van der Waals surface area contributed by atoms with Gasteiger partial charge in [0.25, 0.3) is 0 Å². The first-order chi connectivity index (χ1) is 15.6. The number of carbonyl (C=O) groups excluding carboxylic acids is 2. The van der Waals surface area contributed by atoms with Crippen molar-refractivity contribution in [2.75, 3.05) is 39.4 Å². The van der Waals surface area contributed by atoms with Crippen molar-refractivity contribution in [3.63, 3.8) is 0 Å². The molecule has 1 aliphatic rings. The van der Waals surface area contributed by atoms with Gasteiger partial charge in [-0.2, -0.15) is 0 Å². The predicted octanol–water partition coefficient (Wildman–Crippen LogP) is 3.44. The maximum Gasteiger partial charge on any atom is 0.307 e. The van der Waals surface area contributed by atoms with Crippen molar-refractivity contribution in [1.82, 2.24) is 10.2 Å². The third-order valence-electron chi connectivity index (χ3n) is 5.74. The molecule has 0 radical (unpaired) electrons. The van der Waals surface area contributed by atoms with E-state index in [0.717, 1.165) is 44.6 Å². The first kappa shape index (κ1) is 23.8. The Bertz CT molecular complexity index is 831. The number of rotatable bonds is 11. The average molecular weight is 439 g/mol. The van der Waals surface area contributed by atoms with Crippen molar-refractivity contribution in [1.29, 1.82) is 0 Å². The molecule has 172 valence electrons.